The number of benzene rings is 1. The highest BCUT2D eigenvalue weighted by atomic mass is 32.1. The van der Waals surface area contributed by atoms with Crippen LogP contribution in [0.5, 0.6) is 0 Å². The number of carbonyl (C=O) groups excluding carboxylic acids is 3. The van der Waals surface area contributed by atoms with Crippen molar-refractivity contribution < 1.29 is 14.4 Å². The maximum atomic E-state index is 12.1. The van der Waals surface area contributed by atoms with E-state index < -0.39 is 0 Å². The predicted molar refractivity (Wildman–Crippen MR) is 107 cm³/mol. The van der Waals surface area contributed by atoms with Crippen molar-refractivity contribution in [1.29, 1.82) is 0 Å². The fourth-order valence-corrected chi connectivity index (χ4v) is 2.95. The van der Waals surface area contributed by atoms with Gasteiger partial charge in [-0.25, -0.2) is 0 Å². The van der Waals surface area contributed by atoms with Crippen LogP contribution in [0.3, 0.4) is 0 Å². The van der Waals surface area contributed by atoms with Gasteiger partial charge in [0.15, 0.2) is 0 Å². The molecule has 0 atom stereocenters. The Kier molecular flexibility index (Phi) is 7.59. The van der Waals surface area contributed by atoms with Gasteiger partial charge in [-0.1, -0.05) is 12.0 Å². The lowest BCUT2D eigenvalue weighted by molar-refractivity contribution is -0.133. The highest BCUT2D eigenvalue weighted by Gasteiger charge is 2.13. The van der Waals surface area contributed by atoms with Crippen LogP contribution in [0, 0.1) is 12.3 Å². The highest BCUT2D eigenvalue weighted by molar-refractivity contribution is 7.08. The zero-order valence-corrected chi connectivity index (χ0v) is 15.8. The second-order valence-electron chi connectivity index (χ2n) is 5.89. The Balaban J connectivity index is 1.69. The number of nitrogens with one attached hydrogen (secondary N) is 2. The number of terminal acetylenes is 1. The highest BCUT2D eigenvalue weighted by Crippen LogP contribution is 2.10. The van der Waals surface area contributed by atoms with Gasteiger partial charge in [0.05, 0.1) is 6.54 Å². The minimum absolute atomic E-state index is 0.0552. The van der Waals surface area contributed by atoms with E-state index in [0.29, 0.717) is 29.8 Å². The molecule has 2 rings (SSSR count). The average molecular weight is 383 g/mol. The van der Waals surface area contributed by atoms with Gasteiger partial charge in [-0.3, -0.25) is 14.4 Å². The molecule has 3 amide bonds. The molecule has 0 aliphatic heterocycles. The molecule has 0 fully saturated rings. The minimum atomic E-state index is -0.300. The molecular formula is C20H21N3O3S. The fraction of sp³-hybridized carbons (Fsp3) is 0.250. The van der Waals surface area contributed by atoms with Crippen molar-refractivity contribution in [3.8, 4) is 12.3 Å². The largest absolute Gasteiger partial charge is 0.352 e. The monoisotopic (exact) mass is 383 g/mol. The summed E-state index contributed by atoms with van der Waals surface area (Å²) in [6, 6.07) is 8.69. The van der Waals surface area contributed by atoms with E-state index >= 15 is 0 Å². The van der Waals surface area contributed by atoms with Crippen LogP contribution >= 0.6 is 11.3 Å². The van der Waals surface area contributed by atoms with E-state index in [9.17, 15) is 14.4 Å². The number of nitrogens with zero attached hydrogens (tertiary/aromatic N) is 1. The van der Waals surface area contributed by atoms with Crippen LogP contribution in [-0.2, 0) is 9.59 Å². The number of carbonyl (C=O) groups is 3. The molecular weight excluding hydrogens is 362 g/mol. The quantitative estimate of drug-likeness (QED) is 0.542. The molecule has 27 heavy (non-hydrogen) atoms. The standard InChI is InChI=1S/C20H21N3O3S/c1-3-15-6-4-7-17(12-15)22-18(24)13-23(2)19(25)8-5-10-21-20(26)16-9-11-27-14-16/h1,4,6-7,9,11-12,14H,5,8,10,13H2,2H3,(H,21,26)(H,22,24). The van der Waals surface area contributed by atoms with E-state index in [2.05, 4.69) is 16.6 Å². The molecule has 1 aromatic carbocycles. The lowest BCUT2D eigenvalue weighted by Gasteiger charge is -2.17. The number of anilines is 1. The second-order valence-corrected chi connectivity index (χ2v) is 6.67. The van der Waals surface area contributed by atoms with E-state index in [1.54, 1.807) is 42.8 Å². The lowest BCUT2D eigenvalue weighted by atomic mass is 10.2. The van der Waals surface area contributed by atoms with E-state index in [-0.39, 0.29) is 30.7 Å². The molecule has 2 aromatic rings. The average Bonchev–Trinajstić information content (AvgIpc) is 3.19. The molecule has 0 saturated carbocycles. The second kappa shape index (κ2) is 10.1. The predicted octanol–water partition coefficient (Wildman–Crippen LogP) is 2.34. The summed E-state index contributed by atoms with van der Waals surface area (Å²) in [7, 11) is 1.57. The third-order valence-electron chi connectivity index (χ3n) is 3.76. The van der Waals surface area contributed by atoms with Gasteiger partial charge in [-0.05, 0) is 36.1 Å². The lowest BCUT2D eigenvalue weighted by Crippen LogP contribution is -2.35. The molecule has 7 heteroatoms. The summed E-state index contributed by atoms with van der Waals surface area (Å²) in [5, 5.41) is 9.09. The van der Waals surface area contributed by atoms with Crippen molar-refractivity contribution in [3.05, 3.63) is 52.2 Å². The zero-order chi connectivity index (χ0) is 19.6. The molecule has 0 bridgehead atoms. The Bertz CT molecular complexity index is 840. The maximum Gasteiger partial charge on any atom is 0.252 e. The molecule has 6 nitrogen and oxygen atoms in total. The van der Waals surface area contributed by atoms with Crippen LogP contribution < -0.4 is 10.6 Å². The van der Waals surface area contributed by atoms with Gasteiger partial charge in [0.2, 0.25) is 11.8 Å². The summed E-state index contributed by atoms with van der Waals surface area (Å²) in [5.74, 6) is 1.89. The van der Waals surface area contributed by atoms with Gasteiger partial charge in [-0.15, -0.1) is 6.42 Å². The Labute approximate surface area is 162 Å². The molecule has 0 unspecified atom stereocenters. The van der Waals surface area contributed by atoms with Gasteiger partial charge in [0.1, 0.15) is 0 Å². The van der Waals surface area contributed by atoms with Crippen LogP contribution in [0.25, 0.3) is 0 Å². The summed E-state index contributed by atoms with van der Waals surface area (Å²) in [6.45, 7) is 0.347. The number of thiophene rings is 1. The summed E-state index contributed by atoms with van der Waals surface area (Å²) < 4.78 is 0. The van der Waals surface area contributed by atoms with Crippen molar-refractivity contribution in [2.75, 3.05) is 25.5 Å². The van der Waals surface area contributed by atoms with Gasteiger partial charge in [0, 0.05) is 42.2 Å². The SMILES string of the molecule is C#Cc1cccc(NC(=O)CN(C)C(=O)CCCNC(=O)c2ccsc2)c1. The molecule has 0 spiro atoms. The number of hydrogen-bond acceptors (Lipinski definition) is 4. The molecule has 0 saturated heterocycles. The smallest absolute Gasteiger partial charge is 0.252 e. The summed E-state index contributed by atoms with van der Waals surface area (Å²) in [4.78, 5) is 37.3. The van der Waals surface area contributed by atoms with Crippen LogP contribution in [0.4, 0.5) is 5.69 Å². The maximum absolute atomic E-state index is 12.1. The number of hydrogen-bond donors (Lipinski definition) is 2. The number of likely N-dealkylation sites (N-methyl/N-ethyl adjacent to an activating group) is 1. The zero-order valence-electron chi connectivity index (χ0n) is 15.0. The van der Waals surface area contributed by atoms with Gasteiger partial charge in [-0.2, -0.15) is 11.3 Å². The molecule has 0 radical (unpaired) electrons. The third-order valence-corrected chi connectivity index (χ3v) is 4.44. The first-order valence-electron chi connectivity index (χ1n) is 8.40. The molecule has 0 aliphatic rings. The summed E-state index contributed by atoms with van der Waals surface area (Å²) in [5.41, 5.74) is 1.88. The molecule has 1 aromatic heterocycles. The molecule has 0 aliphatic carbocycles. The van der Waals surface area contributed by atoms with Crippen molar-refractivity contribution in [3.63, 3.8) is 0 Å². The Morgan fingerprint density at radius 3 is 2.78 bits per heavy atom. The first-order valence-corrected chi connectivity index (χ1v) is 9.35. The number of amides is 3. The molecule has 2 N–H and O–H groups in total. The van der Waals surface area contributed by atoms with E-state index in [1.165, 1.54) is 16.2 Å². The third kappa shape index (κ3) is 6.60. The van der Waals surface area contributed by atoms with E-state index in [4.69, 9.17) is 6.42 Å². The molecule has 1 heterocycles. The minimum Gasteiger partial charge on any atom is -0.352 e. The normalized spacial score (nSPS) is 9.93. The Morgan fingerprint density at radius 2 is 2.07 bits per heavy atom. The van der Waals surface area contributed by atoms with Gasteiger partial charge in [0.25, 0.3) is 5.91 Å². The molecule has 140 valence electrons. The van der Waals surface area contributed by atoms with Crippen molar-refractivity contribution in [2.45, 2.75) is 12.8 Å². The van der Waals surface area contributed by atoms with Crippen LogP contribution in [0.15, 0.2) is 41.1 Å². The Hall–Kier alpha value is -3.11. The van der Waals surface area contributed by atoms with Crippen molar-refractivity contribution in [1.82, 2.24) is 10.2 Å². The van der Waals surface area contributed by atoms with Crippen molar-refractivity contribution in [2.24, 2.45) is 0 Å². The van der Waals surface area contributed by atoms with E-state index in [1.807, 2.05) is 5.38 Å². The topological polar surface area (TPSA) is 78.5 Å². The van der Waals surface area contributed by atoms with Crippen LogP contribution in [0.1, 0.15) is 28.8 Å². The van der Waals surface area contributed by atoms with Gasteiger partial charge >= 0.3 is 0 Å². The first-order chi connectivity index (χ1) is 13.0. The summed E-state index contributed by atoms with van der Waals surface area (Å²) >= 11 is 1.45. The van der Waals surface area contributed by atoms with E-state index in [0.717, 1.165) is 0 Å². The first kappa shape index (κ1) is 20.2. The Morgan fingerprint density at radius 1 is 1.26 bits per heavy atom. The van der Waals surface area contributed by atoms with Crippen LogP contribution in [-0.4, -0.2) is 42.8 Å². The fourth-order valence-electron chi connectivity index (χ4n) is 2.32. The summed E-state index contributed by atoms with van der Waals surface area (Å²) in [6.07, 6.45) is 6.09. The van der Waals surface area contributed by atoms with Crippen LogP contribution in [0.2, 0.25) is 0 Å². The van der Waals surface area contributed by atoms with Gasteiger partial charge < -0.3 is 15.5 Å². The number of rotatable bonds is 8. The van der Waals surface area contributed by atoms with Crippen molar-refractivity contribution >= 4 is 34.7 Å².